The minimum absolute atomic E-state index is 0.0996. The Bertz CT molecular complexity index is 980. The Kier molecular flexibility index (Phi) is 3.61. The second kappa shape index (κ2) is 5.73. The van der Waals surface area contributed by atoms with Crippen LogP contribution in [0, 0.1) is 18.3 Å². The molecule has 0 unspecified atom stereocenters. The lowest BCUT2D eigenvalue weighted by Crippen LogP contribution is -2.02. The summed E-state index contributed by atoms with van der Waals surface area (Å²) < 4.78 is 1.57. The maximum absolute atomic E-state index is 11.6. The maximum Gasteiger partial charge on any atom is 0.336 e. The van der Waals surface area contributed by atoms with Gasteiger partial charge in [0.2, 0.25) is 0 Å². The summed E-state index contributed by atoms with van der Waals surface area (Å²) in [5.41, 5.74) is 2.88. The van der Waals surface area contributed by atoms with Gasteiger partial charge in [-0.05, 0) is 37.3 Å². The van der Waals surface area contributed by atoms with Gasteiger partial charge in [-0.15, -0.1) is 0 Å². The molecule has 0 radical (unpaired) electrons. The van der Waals surface area contributed by atoms with Gasteiger partial charge in [0.25, 0.3) is 0 Å². The highest BCUT2D eigenvalue weighted by atomic mass is 16.4. The van der Waals surface area contributed by atoms with Crippen LogP contribution in [-0.4, -0.2) is 25.4 Å². The highest BCUT2D eigenvalue weighted by Crippen LogP contribution is 2.20. The molecule has 0 amide bonds. The molecule has 1 N–H and O–H groups in total. The Labute approximate surface area is 132 Å². The molecule has 0 saturated carbocycles. The lowest BCUT2D eigenvalue weighted by atomic mass is 10.1. The summed E-state index contributed by atoms with van der Waals surface area (Å²) >= 11 is 0. The Hall–Kier alpha value is -3.46. The molecule has 3 aromatic rings. The van der Waals surface area contributed by atoms with Gasteiger partial charge in [-0.3, -0.25) is 9.38 Å². The van der Waals surface area contributed by atoms with Crippen molar-refractivity contribution in [1.29, 1.82) is 5.26 Å². The smallest absolute Gasteiger partial charge is 0.336 e. The van der Waals surface area contributed by atoms with E-state index in [0.717, 1.165) is 5.69 Å². The van der Waals surface area contributed by atoms with E-state index in [0.29, 0.717) is 22.6 Å². The number of rotatable bonds is 3. The zero-order valence-electron chi connectivity index (χ0n) is 12.3. The first-order chi connectivity index (χ1) is 11.1. The van der Waals surface area contributed by atoms with Gasteiger partial charge in [0, 0.05) is 17.5 Å². The number of carboxylic acid groups (broad SMARTS) is 1. The molecule has 6 heteroatoms. The van der Waals surface area contributed by atoms with E-state index in [2.05, 4.69) is 9.97 Å². The molecule has 0 fully saturated rings. The maximum atomic E-state index is 11.6. The van der Waals surface area contributed by atoms with Crippen LogP contribution in [0.5, 0.6) is 0 Å². The zero-order valence-corrected chi connectivity index (χ0v) is 12.3. The third kappa shape index (κ3) is 2.80. The summed E-state index contributed by atoms with van der Waals surface area (Å²) in [6.07, 6.45) is 4.56. The summed E-state index contributed by atoms with van der Waals surface area (Å²) in [5.74, 6) is -1.06. The van der Waals surface area contributed by atoms with Gasteiger partial charge in [-0.25, -0.2) is 9.78 Å². The van der Waals surface area contributed by atoms with E-state index >= 15 is 0 Å². The lowest BCUT2D eigenvalue weighted by Gasteiger charge is -2.05. The van der Waals surface area contributed by atoms with Gasteiger partial charge in [0.1, 0.15) is 17.4 Å². The van der Waals surface area contributed by atoms with Crippen molar-refractivity contribution in [3.05, 3.63) is 65.4 Å². The van der Waals surface area contributed by atoms with Crippen molar-refractivity contribution in [2.45, 2.75) is 6.92 Å². The topological polar surface area (TPSA) is 91.3 Å². The van der Waals surface area contributed by atoms with Crippen LogP contribution in [0.15, 0.2) is 42.7 Å². The Morgan fingerprint density at radius 3 is 2.87 bits per heavy atom. The summed E-state index contributed by atoms with van der Waals surface area (Å²) in [5, 5.41) is 18.6. The Morgan fingerprint density at radius 1 is 1.35 bits per heavy atom. The van der Waals surface area contributed by atoms with Crippen LogP contribution in [0.2, 0.25) is 0 Å². The predicted octanol–water partition coefficient (Wildman–Crippen LogP) is 2.53. The number of carboxylic acids is 1. The molecule has 0 aliphatic heterocycles. The molecule has 3 aromatic heterocycles. The molecule has 0 saturated heterocycles. The molecule has 6 nitrogen and oxygen atoms in total. The highest BCUT2D eigenvalue weighted by molar-refractivity contribution is 6.20. The predicted molar refractivity (Wildman–Crippen MR) is 84.4 cm³/mol. The minimum atomic E-state index is -1.06. The third-order valence-electron chi connectivity index (χ3n) is 3.36. The van der Waals surface area contributed by atoms with Crippen molar-refractivity contribution in [2.75, 3.05) is 0 Å². The van der Waals surface area contributed by atoms with Gasteiger partial charge in [-0.1, -0.05) is 6.07 Å². The molecule has 0 aliphatic rings. The van der Waals surface area contributed by atoms with Crippen LogP contribution in [-0.2, 0) is 4.79 Å². The molecule has 0 bridgehead atoms. The van der Waals surface area contributed by atoms with E-state index in [1.807, 2.05) is 25.1 Å². The number of hydrogen-bond donors (Lipinski definition) is 1. The quantitative estimate of drug-likeness (QED) is 0.751. The normalized spacial score (nSPS) is 11.4. The second-order valence-electron chi connectivity index (χ2n) is 4.97. The first-order valence-corrected chi connectivity index (χ1v) is 6.85. The molecular weight excluding hydrogens is 292 g/mol. The number of imidazole rings is 1. The number of carbonyl (C=O) groups is 1. The number of hydrogen-bond acceptors (Lipinski definition) is 4. The number of nitrogens with zero attached hydrogens (tertiary/aromatic N) is 4. The van der Waals surface area contributed by atoms with Crippen LogP contribution in [0.4, 0.5) is 0 Å². The summed E-state index contributed by atoms with van der Waals surface area (Å²) in [7, 11) is 0. The van der Waals surface area contributed by atoms with Crippen LogP contribution in [0.1, 0.15) is 22.6 Å². The van der Waals surface area contributed by atoms with Crippen LogP contribution in [0.25, 0.3) is 17.3 Å². The number of aromatic nitrogens is 3. The van der Waals surface area contributed by atoms with Gasteiger partial charge in [0.15, 0.2) is 0 Å². The van der Waals surface area contributed by atoms with E-state index in [1.54, 1.807) is 28.8 Å². The number of nitriles is 1. The highest BCUT2D eigenvalue weighted by Gasteiger charge is 2.13. The number of aliphatic carboxylic acids is 1. The fourth-order valence-corrected chi connectivity index (χ4v) is 2.28. The van der Waals surface area contributed by atoms with Gasteiger partial charge < -0.3 is 5.11 Å². The van der Waals surface area contributed by atoms with Crippen molar-refractivity contribution < 1.29 is 9.90 Å². The molecule has 3 rings (SSSR count). The van der Waals surface area contributed by atoms with Crippen LogP contribution in [0.3, 0.4) is 0 Å². The summed E-state index contributed by atoms with van der Waals surface area (Å²) in [4.78, 5) is 20.0. The standard InChI is InChI=1S/C17H12N4O2/c1-11-3-2-4-13(20-11)7-15(17(22)23)12-5-6-16-19-9-14(8-18)21(16)10-12/h2-7,9-10H,1H3,(H,22,23)/b15-7+. The monoisotopic (exact) mass is 304 g/mol. The van der Waals surface area contributed by atoms with Crippen molar-refractivity contribution in [3.63, 3.8) is 0 Å². The number of aryl methyl sites for hydroxylation is 1. The van der Waals surface area contributed by atoms with Crippen molar-refractivity contribution in [1.82, 2.24) is 14.4 Å². The third-order valence-corrected chi connectivity index (χ3v) is 3.36. The van der Waals surface area contributed by atoms with Gasteiger partial charge in [-0.2, -0.15) is 5.26 Å². The first-order valence-electron chi connectivity index (χ1n) is 6.85. The van der Waals surface area contributed by atoms with E-state index in [-0.39, 0.29) is 5.57 Å². The fraction of sp³-hybridized carbons (Fsp3) is 0.0588. The van der Waals surface area contributed by atoms with Gasteiger partial charge in [0.05, 0.1) is 17.5 Å². The van der Waals surface area contributed by atoms with Crippen LogP contribution < -0.4 is 0 Å². The molecule has 0 spiro atoms. The van der Waals surface area contributed by atoms with Crippen LogP contribution >= 0.6 is 0 Å². The van der Waals surface area contributed by atoms with E-state index < -0.39 is 5.97 Å². The average molecular weight is 304 g/mol. The SMILES string of the molecule is Cc1cccc(/C=C(/C(=O)O)c2ccc3ncc(C#N)n3c2)n1. The molecule has 0 aromatic carbocycles. The number of fused-ring (bicyclic) bond motifs is 1. The lowest BCUT2D eigenvalue weighted by molar-refractivity contribution is -0.130. The average Bonchev–Trinajstić information content (AvgIpc) is 2.94. The number of pyridine rings is 2. The molecule has 23 heavy (non-hydrogen) atoms. The molecule has 112 valence electrons. The largest absolute Gasteiger partial charge is 0.478 e. The van der Waals surface area contributed by atoms with Gasteiger partial charge >= 0.3 is 5.97 Å². The Balaban J connectivity index is 2.15. The minimum Gasteiger partial charge on any atom is -0.478 e. The van der Waals surface area contributed by atoms with E-state index in [1.165, 1.54) is 12.3 Å². The fourth-order valence-electron chi connectivity index (χ4n) is 2.28. The van der Waals surface area contributed by atoms with Crippen molar-refractivity contribution >= 4 is 23.3 Å². The summed E-state index contributed by atoms with van der Waals surface area (Å²) in [6, 6.07) is 10.8. The Morgan fingerprint density at radius 2 is 2.17 bits per heavy atom. The van der Waals surface area contributed by atoms with Crippen molar-refractivity contribution in [2.24, 2.45) is 0 Å². The summed E-state index contributed by atoms with van der Waals surface area (Å²) in [6.45, 7) is 1.84. The zero-order chi connectivity index (χ0) is 16.4. The first kappa shape index (κ1) is 14.5. The molecule has 3 heterocycles. The van der Waals surface area contributed by atoms with E-state index in [9.17, 15) is 9.90 Å². The second-order valence-corrected chi connectivity index (χ2v) is 4.97. The molecular formula is C17H12N4O2. The molecule has 0 atom stereocenters. The molecule has 0 aliphatic carbocycles. The van der Waals surface area contributed by atoms with E-state index in [4.69, 9.17) is 5.26 Å². The van der Waals surface area contributed by atoms with Crippen molar-refractivity contribution in [3.8, 4) is 6.07 Å².